The van der Waals surface area contributed by atoms with Gasteiger partial charge in [0.25, 0.3) is 5.91 Å². The van der Waals surface area contributed by atoms with Gasteiger partial charge >= 0.3 is 0 Å². The lowest BCUT2D eigenvalue weighted by Gasteiger charge is -2.12. The van der Waals surface area contributed by atoms with Crippen LogP contribution in [0.25, 0.3) is 10.8 Å². The van der Waals surface area contributed by atoms with Crippen LogP contribution in [-0.2, 0) is 0 Å². The van der Waals surface area contributed by atoms with Crippen LogP contribution in [0.1, 0.15) is 23.2 Å². The Kier molecular flexibility index (Phi) is 3.32. The Morgan fingerprint density at radius 3 is 2.75 bits per heavy atom. The highest BCUT2D eigenvalue weighted by Crippen LogP contribution is 2.32. The molecule has 2 aromatic rings. The normalized spacial score (nSPS) is 16.1. The Hall–Kier alpha value is -2.07. The van der Waals surface area contributed by atoms with E-state index >= 15 is 0 Å². The fraction of sp³-hybridized carbons (Fsp3) is 0.312. The van der Waals surface area contributed by atoms with Gasteiger partial charge in [-0.3, -0.25) is 4.79 Å². The number of fused-ring (bicyclic) bond motifs is 1. The second-order valence-corrected chi connectivity index (χ2v) is 5.30. The molecule has 0 aliphatic heterocycles. The van der Waals surface area contributed by atoms with E-state index in [1.54, 1.807) is 18.2 Å². The molecule has 0 heterocycles. The molecule has 20 heavy (non-hydrogen) atoms. The molecule has 4 heteroatoms. The summed E-state index contributed by atoms with van der Waals surface area (Å²) in [6.07, 6.45) is 1.57. The Labute approximate surface area is 117 Å². The van der Waals surface area contributed by atoms with E-state index in [-0.39, 0.29) is 23.8 Å². The van der Waals surface area contributed by atoms with E-state index in [4.69, 9.17) is 0 Å². The molecule has 1 saturated carbocycles. The van der Waals surface area contributed by atoms with Gasteiger partial charge in [0.2, 0.25) is 0 Å². The van der Waals surface area contributed by atoms with Crippen LogP contribution in [-0.4, -0.2) is 28.8 Å². The smallest absolute Gasteiger partial charge is 0.255 e. The molecule has 1 aliphatic rings. The van der Waals surface area contributed by atoms with E-state index in [0.717, 1.165) is 18.2 Å². The first-order valence-corrected chi connectivity index (χ1v) is 6.84. The van der Waals surface area contributed by atoms with Crippen molar-refractivity contribution in [2.24, 2.45) is 5.92 Å². The second-order valence-electron chi connectivity index (χ2n) is 5.30. The lowest BCUT2D eigenvalue weighted by molar-refractivity contribution is 0.0899. The van der Waals surface area contributed by atoms with E-state index in [0.29, 0.717) is 11.3 Å². The van der Waals surface area contributed by atoms with Crippen LogP contribution in [0.2, 0.25) is 0 Å². The summed E-state index contributed by atoms with van der Waals surface area (Å²) in [6, 6.07) is 10.8. The highest BCUT2D eigenvalue weighted by molar-refractivity contribution is 6.03. The predicted octanol–water partition coefficient (Wildman–Crippen LogP) is 2.05. The van der Waals surface area contributed by atoms with Gasteiger partial charge in [0.15, 0.2) is 0 Å². The third-order valence-corrected chi connectivity index (χ3v) is 3.78. The molecule has 0 aromatic heterocycles. The molecule has 4 nitrogen and oxygen atoms in total. The van der Waals surface area contributed by atoms with E-state index in [9.17, 15) is 15.0 Å². The number of aromatic hydroxyl groups is 1. The van der Waals surface area contributed by atoms with Crippen molar-refractivity contribution < 1.29 is 15.0 Å². The minimum absolute atomic E-state index is 0.0125. The standard InChI is InChI=1S/C16H17NO3/c18-14(11-5-6-11)9-17-16(20)13-8-7-10-3-1-2-4-12(10)15(13)19/h1-4,7-8,11,14,18-19H,5-6,9H2,(H,17,20). The molecule has 0 spiro atoms. The average molecular weight is 271 g/mol. The van der Waals surface area contributed by atoms with Crippen molar-refractivity contribution >= 4 is 16.7 Å². The Bertz CT molecular complexity index is 649. The molecular formula is C16H17NO3. The zero-order valence-corrected chi connectivity index (χ0v) is 11.0. The Balaban J connectivity index is 1.78. The fourth-order valence-corrected chi connectivity index (χ4v) is 2.38. The maximum atomic E-state index is 12.1. The second kappa shape index (κ2) is 5.13. The van der Waals surface area contributed by atoms with E-state index in [1.807, 2.05) is 18.2 Å². The van der Waals surface area contributed by atoms with Crippen LogP contribution < -0.4 is 5.32 Å². The number of amides is 1. The molecule has 2 aromatic carbocycles. The van der Waals surface area contributed by atoms with E-state index < -0.39 is 6.10 Å². The molecule has 3 rings (SSSR count). The van der Waals surface area contributed by atoms with Crippen LogP contribution in [0.5, 0.6) is 5.75 Å². The Morgan fingerprint density at radius 2 is 2.00 bits per heavy atom. The highest BCUT2D eigenvalue weighted by Gasteiger charge is 2.29. The number of aliphatic hydroxyl groups is 1. The lowest BCUT2D eigenvalue weighted by Crippen LogP contribution is -2.33. The van der Waals surface area contributed by atoms with Crippen molar-refractivity contribution in [2.45, 2.75) is 18.9 Å². The number of benzene rings is 2. The van der Waals surface area contributed by atoms with Crippen LogP contribution in [0.15, 0.2) is 36.4 Å². The Morgan fingerprint density at radius 1 is 1.25 bits per heavy atom. The fourth-order valence-electron chi connectivity index (χ4n) is 2.38. The van der Waals surface area contributed by atoms with Crippen LogP contribution in [0.3, 0.4) is 0 Å². The maximum Gasteiger partial charge on any atom is 0.255 e. The summed E-state index contributed by atoms with van der Waals surface area (Å²) in [7, 11) is 0. The van der Waals surface area contributed by atoms with Crippen LogP contribution in [0.4, 0.5) is 0 Å². The molecule has 3 N–H and O–H groups in total. The van der Waals surface area contributed by atoms with Crippen molar-refractivity contribution in [3.63, 3.8) is 0 Å². The average Bonchev–Trinajstić information content (AvgIpc) is 3.30. The van der Waals surface area contributed by atoms with Crippen molar-refractivity contribution in [3.05, 3.63) is 42.0 Å². The van der Waals surface area contributed by atoms with Gasteiger partial charge in [-0.2, -0.15) is 0 Å². The number of phenols is 1. The number of carbonyl (C=O) groups excluding carboxylic acids is 1. The minimum atomic E-state index is -0.485. The first kappa shape index (κ1) is 12.9. The lowest BCUT2D eigenvalue weighted by atomic mass is 10.0. The first-order valence-electron chi connectivity index (χ1n) is 6.84. The summed E-state index contributed by atoms with van der Waals surface area (Å²) >= 11 is 0. The topological polar surface area (TPSA) is 69.6 Å². The SMILES string of the molecule is O=C(NCC(O)C1CC1)c1ccc2ccccc2c1O. The van der Waals surface area contributed by atoms with E-state index in [2.05, 4.69) is 5.32 Å². The molecule has 1 fully saturated rings. The summed E-state index contributed by atoms with van der Waals surface area (Å²) in [6.45, 7) is 0.232. The summed E-state index contributed by atoms with van der Waals surface area (Å²) in [5.74, 6) is -0.0463. The van der Waals surface area contributed by atoms with Gasteiger partial charge in [-0.15, -0.1) is 0 Å². The van der Waals surface area contributed by atoms with Gasteiger partial charge in [0, 0.05) is 11.9 Å². The van der Waals surface area contributed by atoms with Gasteiger partial charge < -0.3 is 15.5 Å². The van der Waals surface area contributed by atoms with Crippen LogP contribution in [0, 0.1) is 5.92 Å². The first-order chi connectivity index (χ1) is 9.66. The summed E-state index contributed by atoms with van der Waals surface area (Å²) in [5.41, 5.74) is 0.242. The van der Waals surface area contributed by atoms with E-state index in [1.165, 1.54) is 0 Å². The third-order valence-electron chi connectivity index (χ3n) is 3.78. The summed E-state index contributed by atoms with van der Waals surface area (Å²) in [5, 5.41) is 24.2. The largest absolute Gasteiger partial charge is 0.506 e. The highest BCUT2D eigenvalue weighted by atomic mass is 16.3. The zero-order valence-electron chi connectivity index (χ0n) is 11.0. The van der Waals surface area contributed by atoms with Gasteiger partial charge in [-0.25, -0.2) is 0 Å². The predicted molar refractivity (Wildman–Crippen MR) is 76.7 cm³/mol. The molecule has 1 unspecified atom stereocenters. The van der Waals surface area contributed by atoms with Gasteiger partial charge in [-0.1, -0.05) is 30.3 Å². The van der Waals surface area contributed by atoms with Gasteiger partial charge in [0.1, 0.15) is 5.75 Å². The van der Waals surface area contributed by atoms with Crippen LogP contribution >= 0.6 is 0 Å². The number of hydrogen-bond donors (Lipinski definition) is 3. The molecular weight excluding hydrogens is 254 g/mol. The number of hydrogen-bond acceptors (Lipinski definition) is 3. The maximum absolute atomic E-state index is 12.1. The van der Waals surface area contributed by atoms with Crippen molar-refractivity contribution in [3.8, 4) is 5.75 Å². The number of carbonyl (C=O) groups is 1. The number of phenolic OH excluding ortho intramolecular Hbond substituents is 1. The molecule has 1 atom stereocenters. The minimum Gasteiger partial charge on any atom is -0.506 e. The van der Waals surface area contributed by atoms with Crippen molar-refractivity contribution in [1.29, 1.82) is 0 Å². The molecule has 0 bridgehead atoms. The summed E-state index contributed by atoms with van der Waals surface area (Å²) < 4.78 is 0. The molecule has 0 radical (unpaired) electrons. The molecule has 1 amide bonds. The zero-order chi connectivity index (χ0) is 14.1. The summed E-state index contributed by atoms with van der Waals surface area (Å²) in [4.78, 5) is 12.1. The molecule has 104 valence electrons. The number of aliphatic hydroxyl groups excluding tert-OH is 1. The quantitative estimate of drug-likeness (QED) is 0.797. The third kappa shape index (κ3) is 2.47. The molecule has 0 saturated heterocycles. The number of rotatable bonds is 4. The van der Waals surface area contributed by atoms with Crippen molar-refractivity contribution in [1.82, 2.24) is 5.32 Å². The van der Waals surface area contributed by atoms with Gasteiger partial charge in [0.05, 0.1) is 11.7 Å². The van der Waals surface area contributed by atoms with Gasteiger partial charge in [-0.05, 0) is 30.2 Å². The monoisotopic (exact) mass is 271 g/mol. The van der Waals surface area contributed by atoms with Crippen molar-refractivity contribution in [2.75, 3.05) is 6.54 Å². The number of nitrogens with one attached hydrogen (secondary N) is 1. The molecule has 1 aliphatic carbocycles.